The second kappa shape index (κ2) is 4.48. The van der Waals surface area contributed by atoms with E-state index in [-0.39, 0.29) is 17.5 Å². The van der Waals surface area contributed by atoms with E-state index in [9.17, 15) is 9.59 Å². The summed E-state index contributed by atoms with van der Waals surface area (Å²) in [7, 11) is 1.49. The molecule has 0 amide bonds. The Morgan fingerprint density at radius 2 is 1.95 bits per heavy atom. The number of allylic oxidation sites excluding steroid dienone is 5. The summed E-state index contributed by atoms with van der Waals surface area (Å²) in [5.41, 5.74) is 2.04. The first-order valence-corrected chi connectivity index (χ1v) is 6.58. The molecule has 0 aromatic rings. The maximum atomic E-state index is 12.2. The molecule has 0 bridgehead atoms. The molecule has 0 spiro atoms. The van der Waals surface area contributed by atoms with Crippen LogP contribution in [0.1, 0.15) is 34.1 Å². The molecule has 0 fully saturated rings. The fraction of sp³-hybridized carbons (Fsp3) is 0.500. The van der Waals surface area contributed by atoms with Gasteiger partial charge in [0.15, 0.2) is 11.5 Å². The van der Waals surface area contributed by atoms with Gasteiger partial charge in [0.05, 0.1) is 7.11 Å². The molecule has 2 aliphatic rings. The van der Waals surface area contributed by atoms with Crippen LogP contribution >= 0.6 is 0 Å². The molecule has 0 aliphatic heterocycles. The number of hydrogen-bond donors (Lipinski definition) is 0. The monoisotopic (exact) mass is 260 g/mol. The fourth-order valence-corrected chi connectivity index (χ4v) is 2.90. The Balaban J connectivity index is 2.61. The summed E-state index contributed by atoms with van der Waals surface area (Å²) >= 11 is 0. The zero-order chi connectivity index (χ0) is 14.4. The van der Waals surface area contributed by atoms with Gasteiger partial charge in [-0.15, -0.1) is 0 Å². The van der Waals surface area contributed by atoms with Crippen LogP contribution in [0.25, 0.3) is 0 Å². The van der Waals surface area contributed by atoms with Crippen molar-refractivity contribution in [2.45, 2.75) is 34.1 Å². The Hall–Kier alpha value is -1.64. The Morgan fingerprint density at radius 3 is 2.47 bits per heavy atom. The predicted molar refractivity (Wildman–Crippen MR) is 73.5 cm³/mol. The van der Waals surface area contributed by atoms with E-state index in [4.69, 9.17) is 4.74 Å². The molecule has 102 valence electrons. The van der Waals surface area contributed by atoms with Crippen molar-refractivity contribution >= 4 is 11.6 Å². The molecular formula is C16H20O3. The summed E-state index contributed by atoms with van der Waals surface area (Å²) in [5, 5.41) is 0. The number of hydrogen-bond acceptors (Lipinski definition) is 3. The van der Waals surface area contributed by atoms with Gasteiger partial charge >= 0.3 is 0 Å². The topological polar surface area (TPSA) is 43.4 Å². The number of carbonyl (C=O) groups excluding carboxylic acids is 2. The standard InChI is InChI=1S/C16H20O3/c1-9(2)11-6-12-10(3)15(18)14(19-5)8-16(12,4)7-13(11)17/h6,8-9H,7H2,1-5H3/t16-/m0/s1. The molecule has 0 saturated heterocycles. The van der Waals surface area contributed by atoms with Gasteiger partial charge in [-0.1, -0.05) is 26.8 Å². The van der Waals surface area contributed by atoms with Gasteiger partial charge < -0.3 is 4.74 Å². The van der Waals surface area contributed by atoms with Gasteiger partial charge in [-0.3, -0.25) is 9.59 Å². The Morgan fingerprint density at radius 1 is 1.32 bits per heavy atom. The second-order valence-electron chi connectivity index (χ2n) is 5.85. The second-order valence-corrected chi connectivity index (χ2v) is 5.85. The molecule has 0 heterocycles. The zero-order valence-electron chi connectivity index (χ0n) is 12.2. The van der Waals surface area contributed by atoms with Gasteiger partial charge in [0.25, 0.3) is 0 Å². The minimum atomic E-state index is -0.418. The van der Waals surface area contributed by atoms with Crippen molar-refractivity contribution in [3.63, 3.8) is 0 Å². The highest BCUT2D eigenvalue weighted by Crippen LogP contribution is 2.45. The van der Waals surface area contributed by atoms with Crippen LogP contribution in [0.3, 0.4) is 0 Å². The summed E-state index contributed by atoms with van der Waals surface area (Å²) in [4.78, 5) is 24.4. The Bertz CT molecular complexity index is 546. The molecule has 1 atom stereocenters. The van der Waals surface area contributed by atoms with Gasteiger partial charge in [-0.2, -0.15) is 0 Å². The van der Waals surface area contributed by atoms with Crippen molar-refractivity contribution in [1.29, 1.82) is 0 Å². The Kier molecular flexibility index (Phi) is 3.25. The summed E-state index contributed by atoms with van der Waals surface area (Å²) in [6.07, 6.45) is 4.11. The van der Waals surface area contributed by atoms with Gasteiger partial charge in [-0.25, -0.2) is 0 Å². The number of methoxy groups -OCH3 is 1. The van der Waals surface area contributed by atoms with Crippen LogP contribution < -0.4 is 0 Å². The molecule has 0 N–H and O–H groups in total. The van der Waals surface area contributed by atoms with E-state index in [1.807, 2.05) is 33.8 Å². The Labute approximate surface area is 114 Å². The van der Waals surface area contributed by atoms with Crippen LogP contribution in [-0.2, 0) is 14.3 Å². The van der Waals surface area contributed by atoms with Crippen LogP contribution in [0.15, 0.2) is 34.6 Å². The summed E-state index contributed by atoms with van der Waals surface area (Å²) < 4.78 is 5.14. The number of rotatable bonds is 2. The van der Waals surface area contributed by atoms with Crippen molar-refractivity contribution in [2.75, 3.05) is 7.11 Å². The molecule has 2 aliphatic carbocycles. The minimum Gasteiger partial charge on any atom is -0.493 e. The largest absolute Gasteiger partial charge is 0.493 e. The number of Topliss-reactive ketones (excluding diaryl/α,β-unsaturated/α-hetero) is 2. The number of ether oxygens (including phenoxy) is 1. The van der Waals surface area contributed by atoms with Crippen molar-refractivity contribution in [2.24, 2.45) is 11.3 Å². The van der Waals surface area contributed by atoms with Crippen molar-refractivity contribution in [1.82, 2.24) is 0 Å². The first-order chi connectivity index (χ1) is 8.80. The van der Waals surface area contributed by atoms with Crippen LogP contribution in [0.4, 0.5) is 0 Å². The van der Waals surface area contributed by atoms with E-state index in [0.717, 1.165) is 11.1 Å². The average Bonchev–Trinajstić information content (AvgIpc) is 2.32. The normalized spacial score (nSPS) is 27.3. The molecule has 0 aromatic carbocycles. The van der Waals surface area contributed by atoms with Gasteiger partial charge in [-0.05, 0) is 30.1 Å². The fourth-order valence-electron chi connectivity index (χ4n) is 2.90. The SMILES string of the molecule is COC1=C[C@]2(C)CC(=O)C(C(C)C)=CC2=C(C)C1=O. The van der Waals surface area contributed by atoms with Gasteiger partial charge in [0, 0.05) is 17.4 Å². The van der Waals surface area contributed by atoms with Crippen molar-refractivity contribution in [3.8, 4) is 0 Å². The first kappa shape index (κ1) is 13.8. The van der Waals surface area contributed by atoms with E-state index >= 15 is 0 Å². The predicted octanol–water partition coefficient (Wildman–Crippen LogP) is 2.98. The first-order valence-electron chi connectivity index (χ1n) is 6.58. The molecule has 0 aromatic heterocycles. The summed E-state index contributed by atoms with van der Waals surface area (Å²) in [5.74, 6) is 0.608. The third-order valence-electron chi connectivity index (χ3n) is 4.02. The molecule has 3 heteroatoms. The lowest BCUT2D eigenvalue weighted by Gasteiger charge is -2.37. The van der Waals surface area contributed by atoms with Crippen LogP contribution in [0.2, 0.25) is 0 Å². The lowest BCUT2D eigenvalue weighted by molar-refractivity contribution is -0.118. The molecule has 0 radical (unpaired) electrons. The maximum absolute atomic E-state index is 12.2. The molecule has 3 nitrogen and oxygen atoms in total. The van der Waals surface area contributed by atoms with E-state index in [0.29, 0.717) is 17.8 Å². The van der Waals surface area contributed by atoms with Gasteiger partial charge in [0.2, 0.25) is 5.78 Å². The highest BCUT2D eigenvalue weighted by molar-refractivity contribution is 6.10. The lowest BCUT2D eigenvalue weighted by atomic mass is 9.66. The maximum Gasteiger partial charge on any atom is 0.223 e. The lowest BCUT2D eigenvalue weighted by Crippen LogP contribution is -2.33. The van der Waals surface area contributed by atoms with Crippen LogP contribution in [0, 0.1) is 11.3 Å². The third-order valence-corrected chi connectivity index (χ3v) is 4.02. The van der Waals surface area contributed by atoms with E-state index in [2.05, 4.69) is 0 Å². The van der Waals surface area contributed by atoms with E-state index < -0.39 is 5.41 Å². The summed E-state index contributed by atoms with van der Waals surface area (Å²) in [6.45, 7) is 7.81. The molecule has 2 rings (SSSR count). The summed E-state index contributed by atoms with van der Waals surface area (Å²) in [6, 6.07) is 0. The molecule has 19 heavy (non-hydrogen) atoms. The number of fused-ring (bicyclic) bond motifs is 1. The highest BCUT2D eigenvalue weighted by Gasteiger charge is 2.41. The number of ketones is 2. The highest BCUT2D eigenvalue weighted by atomic mass is 16.5. The molecule has 0 saturated carbocycles. The third kappa shape index (κ3) is 2.07. The van der Waals surface area contributed by atoms with Crippen LogP contribution in [0.5, 0.6) is 0 Å². The van der Waals surface area contributed by atoms with Crippen molar-refractivity contribution in [3.05, 3.63) is 34.6 Å². The van der Waals surface area contributed by atoms with Crippen LogP contribution in [-0.4, -0.2) is 18.7 Å². The zero-order valence-corrected chi connectivity index (χ0v) is 12.2. The average molecular weight is 260 g/mol. The van der Waals surface area contributed by atoms with Crippen molar-refractivity contribution < 1.29 is 14.3 Å². The minimum absolute atomic E-state index is 0.0799. The van der Waals surface area contributed by atoms with Gasteiger partial charge in [0.1, 0.15) is 0 Å². The van der Waals surface area contributed by atoms with E-state index in [1.165, 1.54) is 7.11 Å². The smallest absolute Gasteiger partial charge is 0.223 e. The molecule has 0 unspecified atom stereocenters. The molecular weight excluding hydrogens is 240 g/mol. The van der Waals surface area contributed by atoms with E-state index in [1.54, 1.807) is 6.08 Å². The quantitative estimate of drug-likeness (QED) is 0.766. The number of carbonyl (C=O) groups is 2.